The van der Waals surface area contributed by atoms with Crippen LogP contribution in [0.4, 0.5) is 10.5 Å². The Morgan fingerprint density at radius 1 is 1.50 bits per heavy atom. The molecule has 0 spiro atoms. The average molecular weight is 337 g/mol. The highest BCUT2D eigenvalue weighted by molar-refractivity contribution is 5.76. The van der Waals surface area contributed by atoms with Crippen molar-refractivity contribution in [2.45, 2.75) is 19.4 Å². The van der Waals surface area contributed by atoms with Gasteiger partial charge in [-0.25, -0.2) is 4.79 Å². The maximum atomic E-state index is 12.1. The Morgan fingerprint density at radius 3 is 2.88 bits per heavy atom. The van der Waals surface area contributed by atoms with Crippen LogP contribution in [0.2, 0.25) is 0 Å². The molecular weight excluding hydrogens is 318 g/mol. The number of nitro benzene ring substituents is 1. The number of benzene rings is 1. The molecule has 0 aromatic heterocycles. The Balaban J connectivity index is 1.97. The van der Waals surface area contributed by atoms with Crippen molar-refractivity contribution in [2.75, 3.05) is 20.2 Å². The van der Waals surface area contributed by atoms with E-state index in [-0.39, 0.29) is 30.6 Å². The van der Waals surface area contributed by atoms with E-state index in [1.54, 1.807) is 6.07 Å². The first-order chi connectivity index (χ1) is 11.4. The van der Waals surface area contributed by atoms with E-state index in [2.05, 4.69) is 5.32 Å². The number of rotatable bonds is 5. The van der Waals surface area contributed by atoms with Crippen molar-refractivity contribution in [1.29, 1.82) is 0 Å². The summed E-state index contributed by atoms with van der Waals surface area (Å²) in [5.74, 6) is -1.31. The fourth-order valence-corrected chi connectivity index (χ4v) is 2.64. The molecule has 1 unspecified atom stereocenters. The van der Waals surface area contributed by atoms with Crippen molar-refractivity contribution in [1.82, 2.24) is 10.2 Å². The molecule has 2 rings (SSSR count). The predicted octanol–water partition coefficient (Wildman–Crippen LogP) is 1.61. The maximum Gasteiger partial charge on any atom is 0.317 e. The molecule has 0 aliphatic carbocycles. The molecule has 130 valence electrons. The molecule has 1 aliphatic heterocycles. The summed E-state index contributed by atoms with van der Waals surface area (Å²) in [4.78, 5) is 35.1. The number of hydrogen-bond acceptors (Lipinski definition) is 5. The van der Waals surface area contributed by atoms with E-state index in [9.17, 15) is 19.7 Å². The van der Waals surface area contributed by atoms with E-state index in [0.29, 0.717) is 24.9 Å². The van der Waals surface area contributed by atoms with Gasteiger partial charge in [0.2, 0.25) is 0 Å². The molecule has 0 bridgehead atoms. The van der Waals surface area contributed by atoms with E-state index >= 15 is 0 Å². The quantitative estimate of drug-likeness (QED) is 0.622. The highest BCUT2D eigenvalue weighted by Crippen LogP contribution is 2.27. The summed E-state index contributed by atoms with van der Waals surface area (Å²) < 4.78 is 4.92. The number of carbonyl (C=O) groups is 2. The molecule has 1 aromatic rings. The zero-order valence-corrected chi connectivity index (χ0v) is 13.2. The third-order valence-corrected chi connectivity index (χ3v) is 3.94. The number of nitro groups is 1. The van der Waals surface area contributed by atoms with Crippen LogP contribution in [-0.2, 0) is 11.3 Å². The number of amides is 2. The van der Waals surface area contributed by atoms with E-state index in [4.69, 9.17) is 9.84 Å². The third kappa shape index (κ3) is 4.12. The minimum Gasteiger partial charge on any atom is -0.490 e. The second-order valence-electron chi connectivity index (χ2n) is 5.55. The zero-order chi connectivity index (χ0) is 17.7. The van der Waals surface area contributed by atoms with Crippen LogP contribution in [0.25, 0.3) is 0 Å². The molecule has 2 N–H and O–H groups in total. The van der Waals surface area contributed by atoms with Gasteiger partial charge in [-0.05, 0) is 24.5 Å². The average Bonchev–Trinajstić information content (AvgIpc) is 2.59. The summed E-state index contributed by atoms with van der Waals surface area (Å²) in [6.45, 7) is 0.778. The van der Waals surface area contributed by atoms with Crippen LogP contribution < -0.4 is 10.1 Å². The van der Waals surface area contributed by atoms with Crippen molar-refractivity contribution >= 4 is 17.7 Å². The number of carboxylic acid groups (broad SMARTS) is 1. The number of carboxylic acids is 1. The number of likely N-dealkylation sites (tertiary alicyclic amines) is 1. The van der Waals surface area contributed by atoms with Gasteiger partial charge in [0.25, 0.3) is 0 Å². The molecule has 1 heterocycles. The van der Waals surface area contributed by atoms with Crippen LogP contribution in [0.1, 0.15) is 18.4 Å². The van der Waals surface area contributed by atoms with Gasteiger partial charge in [-0.2, -0.15) is 0 Å². The number of aliphatic carboxylic acids is 1. The van der Waals surface area contributed by atoms with E-state index in [1.807, 2.05) is 0 Å². The number of nitrogens with zero attached hydrogens (tertiary/aromatic N) is 2. The standard InChI is InChI=1S/C15H19N3O6/c1-24-13-5-4-10(7-12(13)18(22)23)8-16-15(21)17-6-2-3-11(9-17)14(19)20/h4-5,7,11H,2-3,6,8-9H2,1H3,(H,16,21)(H,19,20). The predicted molar refractivity (Wildman–Crippen MR) is 83.8 cm³/mol. The summed E-state index contributed by atoms with van der Waals surface area (Å²) in [6, 6.07) is 4.07. The van der Waals surface area contributed by atoms with Gasteiger partial charge in [0.1, 0.15) is 0 Å². The summed E-state index contributed by atoms with van der Waals surface area (Å²) >= 11 is 0. The maximum absolute atomic E-state index is 12.1. The normalized spacial score (nSPS) is 17.2. The number of urea groups is 1. The number of methoxy groups -OCH3 is 1. The zero-order valence-electron chi connectivity index (χ0n) is 13.2. The minimum absolute atomic E-state index is 0.109. The lowest BCUT2D eigenvalue weighted by atomic mass is 9.99. The Kier molecular flexibility index (Phi) is 5.56. The van der Waals surface area contributed by atoms with E-state index in [0.717, 1.165) is 0 Å². The molecule has 9 heteroatoms. The lowest BCUT2D eigenvalue weighted by Crippen LogP contribution is -2.46. The van der Waals surface area contributed by atoms with Crippen LogP contribution in [0.3, 0.4) is 0 Å². The van der Waals surface area contributed by atoms with Crippen molar-refractivity contribution in [2.24, 2.45) is 5.92 Å². The molecule has 1 atom stereocenters. The lowest BCUT2D eigenvalue weighted by molar-refractivity contribution is -0.385. The van der Waals surface area contributed by atoms with Crippen LogP contribution >= 0.6 is 0 Å². The van der Waals surface area contributed by atoms with Gasteiger partial charge in [0.15, 0.2) is 5.75 Å². The Hall–Kier alpha value is -2.84. The molecule has 2 amide bonds. The van der Waals surface area contributed by atoms with Crippen molar-refractivity contribution in [3.8, 4) is 5.75 Å². The third-order valence-electron chi connectivity index (χ3n) is 3.94. The number of piperidine rings is 1. The lowest BCUT2D eigenvalue weighted by Gasteiger charge is -2.30. The first kappa shape index (κ1) is 17.5. The monoisotopic (exact) mass is 337 g/mol. The molecule has 24 heavy (non-hydrogen) atoms. The van der Waals surface area contributed by atoms with Crippen molar-refractivity contribution in [3.05, 3.63) is 33.9 Å². The molecule has 1 saturated heterocycles. The van der Waals surface area contributed by atoms with Gasteiger partial charge in [-0.1, -0.05) is 6.07 Å². The number of carbonyl (C=O) groups excluding carboxylic acids is 1. The Bertz CT molecular complexity index is 648. The smallest absolute Gasteiger partial charge is 0.317 e. The fourth-order valence-electron chi connectivity index (χ4n) is 2.64. The number of nitrogens with one attached hydrogen (secondary N) is 1. The highest BCUT2D eigenvalue weighted by atomic mass is 16.6. The number of hydrogen-bond donors (Lipinski definition) is 2. The van der Waals surface area contributed by atoms with E-state index in [1.165, 1.54) is 24.1 Å². The SMILES string of the molecule is COc1ccc(CNC(=O)N2CCCC(C(=O)O)C2)cc1[N+](=O)[O-]. The summed E-state index contributed by atoms with van der Waals surface area (Å²) in [6.07, 6.45) is 1.20. The first-order valence-corrected chi connectivity index (χ1v) is 7.49. The molecular formula is C15H19N3O6. The Labute approximate surface area is 138 Å². The van der Waals surface area contributed by atoms with Crippen LogP contribution in [-0.4, -0.2) is 47.1 Å². The molecule has 1 aromatic carbocycles. The van der Waals surface area contributed by atoms with Gasteiger partial charge in [-0.15, -0.1) is 0 Å². The van der Waals surface area contributed by atoms with E-state index < -0.39 is 16.8 Å². The van der Waals surface area contributed by atoms with Gasteiger partial charge < -0.3 is 20.1 Å². The minimum atomic E-state index is -0.904. The second kappa shape index (κ2) is 7.62. The van der Waals surface area contributed by atoms with Crippen LogP contribution in [0, 0.1) is 16.0 Å². The molecule has 0 radical (unpaired) electrons. The summed E-state index contributed by atoms with van der Waals surface area (Å²) in [5, 5.41) is 22.7. The molecule has 9 nitrogen and oxygen atoms in total. The topological polar surface area (TPSA) is 122 Å². The Morgan fingerprint density at radius 2 is 2.25 bits per heavy atom. The number of ether oxygens (including phenoxy) is 1. The highest BCUT2D eigenvalue weighted by Gasteiger charge is 2.28. The van der Waals surface area contributed by atoms with Crippen molar-refractivity contribution in [3.63, 3.8) is 0 Å². The summed E-state index contributed by atoms with van der Waals surface area (Å²) in [7, 11) is 1.35. The van der Waals surface area contributed by atoms with Crippen LogP contribution in [0.5, 0.6) is 5.75 Å². The van der Waals surface area contributed by atoms with Gasteiger partial charge >= 0.3 is 17.7 Å². The molecule has 1 fully saturated rings. The largest absolute Gasteiger partial charge is 0.490 e. The first-order valence-electron chi connectivity index (χ1n) is 7.49. The summed E-state index contributed by atoms with van der Waals surface area (Å²) in [5.41, 5.74) is 0.385. The van der Waals surface area contributed by atoms with Crippen LogP contribution in [0.15, 0.2) is 18.2 Å². The van der Waals surface area contributed by atoms with Crippen molar-refractivity contribution < 1.29 is 24.4 Å². The second-order valence-corrected chi connectivity index (χ2v) is 5.55. The fraction of sp³-hybridized carbons (Fsp3) is 0.467. The molecule has 1 aliphatic rings. The van der Waals surface area contributed by atoms with Gasteiger partial charge in [0, 0.05) is 25.7 Å². The van der Waals surface area contributed by atoms with Gasteiger partial charge in [0.05, 0.1) is 18.0 Å². The molecule has 0 saturated carbocycles. The van der Waals surface area contributed by atoms with Gasteiger partial charge in [-0.3, -0.25) is 14.9 Å².